The number of likely N-dealkylation sites (tertiary alicyclic amines) is 1. The quantitative estimate of drug-likeness (QED) is 0.500. The predicted molar refractivity (Wildman–Crippen MR) is 110 cm³/mol. The number of pyridine rings is 1. The molecule has 0 bridgehead atoms. The lowest BCUT2D eigenvalue weighted by molar-refractivity contribution is 0.0699. The van der Waals surface area contributed by atoms with E-state index in [0.717, 1.165) is 83.5 Å². The number of hydrogen-bond acceptors (Lipinski definition) is 6. The van der Waals surface area contributed by atoms with Crippen LogP contribution >= 0.6 is 0 Å². The predicted octanol–water partition coefficient (Wildman–Crippen LogP) is 4.18. The highest BCUT2D eigenvalue weighted by Crippen LogP contribution is 2.35. The Labute approximate surface area is 173 Å². The summed E-state index contributed by atoms with van der Waals surface area (Å²) in [5, 5.41) is 4.85. The molecule has 4 heterocycles. The molecule has 1 amide bonds. The van der Waals surface area contributed by atoms with Gasteiger partial charge in [-0.3, -0.25) is 4.79 Å². The van der Waals surface area contributed by atoms with Crippen molar-refractivity contribution in [3.63, 3.8) is 0 Å². The first-order valence-electron chi connectivity index (χ1n) is 10.6. The van der Waals surface area contributed by atoms with E-state index in [4.69, 9.17) is 8.94 Å². The van der Waals surface area contributed by atoms with Crippen molar-refractivity contribution in [2.24, 2.45) is 0 Å². The van der Waals surface area contributed by atoms with Crippen molar-refractivity contribution in [2.45, 2.75) is 44.9 Å². The summed E-state index contributed by atoms with van der Waals surface area (Å²) < 4.78 is 11.4. The zero-order valence-electron chi connectivity index (χ0n) is 16.9. The number of aryl methyl sites for hydroxylation is 2. The fourth-order valence-corrected chi connectivity index (χ4v) is 4.94. The summed E-state index contributed by atoms with van der Waals surface area (Å²) in [7, 11) is 0. The van der Waals surface area contributed by atoms with Gasteiger partial charge in [0, 0.05) is 18.8 Å². The van der Waals surface area contributed by atoms with Gasteiger partial charge >= 0.3 is 0 Å². The monoisotopic (exact) mass is 402 g/mol. The number of rotatable bonds is 2. The van der Waals surface area contributed by atoms with Crippen LogP contribution in [0.3, 0.4) is 0 Å². The molecule has 30 heavy (non-hydrogen) atoms. The van der Waals surface area contributed by atoms with E-state index in [1.54, 1.807) is 0 Å². The highest BCUT2D eigenvalue weighted by molar-refractivity contribution is 6.07. The maximum Gasteiger partial charge on any atom is 0.259 e. The average Bonchev–Trinajstić information content (AvgIpc) is 3.50. The van der Waals surface area contributed by atoms with E-state index in [-0.39, 0.29) is 11.8 Å². The highest BCUT2D eigenvalue weighted by Gasteiger charge is 2.33. The molecule has 0 N–H and O–H groups in total. The van der Waals surface area contributed by atoms with Crippen molar-refractivity contribution < 1.29 is 13.7 Å². The fraction of sp³-hybridized carbons (Fsp3) is 0.391. The Kier molecular flexibility index (Phi) is 3.91. The van der Waals surface area contributed by atoms with E-state index < -0.39 is 0 Å². The zero-order chi connectivity index (χ0) is 20.2. The maximum absolute atomic E-state index is 13.8. The molecule has 1 aliphatic heterocycles. The van der Waals surface area contributed by atoms with Crippen LogP contribution in [0.2, 0.25) is 0 Å². The second-order valence-electron chi connectivity index (χ2n) is 8.32. The van der Waals surface area contributed by atoms with Gasteiger partial charge in [-0.05, 0) is 56.7 Å². The normalized spacial score (nSPS) is 19.0. The third-order valence-corrected chi connectivity index (χ3v) is 6.40. The summed E-state index contributed by atoms with van der Waals surface area (Å²) in [6.45, 7) is 3.22. The Morgan fingerprint density at radius 1 is 1.17 bits per heavy atom. The first-order chi connectivity index (χ1) is 14.7. The Balaban J connectivity index is 1.37. The molecule has 6 rings (SSSR count). The number of oxazole rings is 1. The number of nitrogens with zero attached hydrogens (tertiary/aromatic N) is 4. The van der Waals surface area contributed by atoms with Crippen molar-refractivity contribution in [1.29, 1.82) is 0 Å². The van der Waals surface area contributed by atoms with Crippen molar-refractivity contribution >= 4 is 28.1 Å². The van der Waals surface area contributed by atoms with Gasteiger partial charge in [0.05, 0.1) is 22.6 Å². The van der Waals surface area contributed by atoms with Crippen LogP contribution in [0.1, 0.15) is 58.4 Å². The van der Waals surface area contributed by atoms with E-state index >= 15 is 0 Å². The molecule has 1 fully saturated rings. The van der Waals surface area contributed by atoms with Crippen LogP contribution in [0.15, 0.2) is 33.2 Å². The molecule has 152 valence electrons. The number of piperidine rings is 1. The lowest BCUT2D eigenvalue weighted by Gasteiger charge is -2.32. The number of carbonyl (C=O) groups is 1. The molecule has 7 heteroatoms. The van der Waals surface area contributed by atoms with Gasteiger partial charge in [0.1, 0.15) is 5.52 Å². The second kappa shape index (κ2) is 6.65. The van der Waals surface area contributed by atoms with Crippen LogP contribution in [0.25, 0.3) is 22.2 Å². The van der Waals surface area contributed by atoms with Crippen LogP contribution in [-0.4, -0.2) is 39.0 Å². The minimum absolute atomic E-state index is 0.0488. The van der Waals surface area contributed by atoms with Gasteiger partial charge < -0.3 is 13.8 Å². The van der Waals surface area contributed by atoms with E-state index in [2.05, 4.69) is 15.1 Å². The number of fused-ring (bicyclic) bond motifs is 3. The number of aromatic nitrogens is 3. The SMILES string of the molecule is Cc1noc2nc3c(c(C(=O)N4CCCC(c5nc6ccccc6o5)C4)c12)CCC3. The molecular formula is C23H22N4O3. The lowest BCUT2D eigenvalue weighted by atomic mass is 9.95. The van der Waals surface area contributed by atoms with Crippen LogP contribution in [0.5, 0.6) is 0 Å². The summed E-state index contributed by atoms with van der Waals surface area (Å²) in [6.07, 6.45) is 4.68. The largest absolute Gasteiger partial charge is 0.440 e. The Morgan fingerprint density at radius 2 is 2.07 bits per heavy atom. The van der Waals surface area contributed by atoms with Gasteiger partial charge in [-0.25, -0.2) is 9.97 Å². The maximum atomic E-state index is 13.8. The molecule has 3 aromatic heterocycles. The molecule has 0 spiro atoms. The molecule has 1 aromatic carbocycles. The van der Waals surface area contributed by atoms with Gasteiger partial charge in [-0.2, -0.15) is 0 Å². The van der Waals surface area contributed by atoms with Crippen LogP contribution in [0.4, 0.5) is 0 Å². The zero-order valence-corrected chi connectivity index (χ0v) is 16.9. The van der Waals surface area contributed by atoms with Gasteiger partial charge in [-0.1, -0.05) is 17.3 Å². The number of hydrogen-bond donors (Lipinski definition) is 0. The molecule has 0 radical (unpaired) electrons. The lowest BCUT2D eigenvalue weighted by Crippen LogP contribution is -2.39. The summed E-state index contributed by atoms with van der Waals surface area (Å²) in [5.74, 6) is 0.872. The minimum Gasteiger partial charge on any atom is -0.440 e. The molecule has 2 aliphatic rings. The highest BCUT2D eigenvalue weighted by atomic mass is 16.5. The minimum atomic E-state index is 0.0488. The number of amides is 1. The first kappa shape index (κ1) is 17.6. The number of carbonyl (C=O) groups excluding carboxylic acids is 1. The fourth-order valence-electron chi connectivity index (χ4n) is 4.94. The smallest absolute Gasteiger partial charge is 0.259 e. The van der Waals surface area contributed by atoms with Crippen LogP contribution < -0.4 is 0 Å². The number of benzene rings is 1. The van der Waals surface area contributed by atoms with E-state index in [1.165, 1.54) is 0 Å². The summed E-state index contributed by atoms with van der Waals surface area (Å²) in [6, 6.07) is 7.80. The average molecular weight is 402 g/mol. The first-order valence-corrected chi connectivity index (χ1v) is 10.6. The van der Waals surface area contributed by atoms with Gasteiger partial charge in [-0.15, -0.1) is 0 Å². The Bertz CT molecular complexity index is 1260. The van der Waals surface area contributed by atoms with Gasteiger partial charge in [0.2, 0.25) is 0 Å². The van der Waals surface area contributed by atoms with Crippen molar-refractivity contribution in [3.05, 3.63) is 52.7 Å². The van der Waals surface area contributed by atoms with Crippen molar-refractivity contribution in [2.75, 3.05) is 13.1 Å². The molecule has 1 aliphatic carbocycles. The van der Waals surface area contributed by atoms with Gasteiger partial charge in [0.25, 0.3) is 11.6 Å². The van der Waals surface area contributed by atoms with E-state index in [1.807, 2.05) is 36.1 Å². The van der Waals surface area contributed by atoms with Crippen LogP contribution in [0, 0.1) is 6.92 Å². The molecule has 1 unspecified atom stereocenters. The van der Waals surface area contributed by atoms with E-state index in [0.29, 0.717) is 12.3 Å². The molecule has 1 atom stereocenters. The molecular weight excluding hydrogens is 380 g/mol. The summed E-state index contributed by atoms with van der Waals surface area (Å²) in [5.41, 5.74) is 5.66. The number of para-hydroxylation sites is 2. The molecule has 4 aromatic rings. The standard InChI is InChI=1S/C23H22N4O3/c1-13-19-20(15-7-4-9-16(15)24-22(19)30-26-13)23(28)27-11-5-6-14(12-27)21-25-17-8-2-3-10-18(17)29-21/h2-3,8,10,14H,4-7,9,11-12H2,1H3. The summed E-state index contributed by atoms with van der Waals surface area (Å²) >= 11 is 0. The third kappa shape index (κ3) is 2.65. The molecule has 1 saturated heterocycles. The topological polar surface area (TPSA) is 85.3 Å². The summed E-state index contributed by atoms with van der Waals surface area (Å²) in [4.78, 5) is 25.0. The van der Waals surface area contributed by atoms with Gasteiger partial charge in [0.15, 0.2) is 11.5 Å². The third-order valence-electron chi connectivity index (χ3n) is 6.40. The molecule has 7 nitrogen and oxygen atoms in total. The molecule has 0 saturated carbocycles. The van der Waals surface area contributed by atoms with Crippen LogP contribution in [-0.2, 0) is 12.8 Å². The Morgan fingerprint density at radius 3 is 2.97 bits per heavy atom. The van der Waals surface area contributed by atoms with Crippen molar-refractivity contribution in [3.8, 4) is 0 Å². The van der Waals surface area contributed by atoms with E-state index in [9.17, 15) is 4.79 Å². The Hall–Kier alpha value is -3.22. The van der Waals surface area contributed by atoms with Crippen molar-refractivity contribution in [1.82, 2.24) is 20.0 Å². The second-order valence-corrected chi connectivity index (χ2v) is 8.32.